The highest BCUT2D eigenvalue weighted by Crippen LogP contribution is 2.43. The Kier molecular flexibility index (Phi) is 14.9. The highest BCUT2D eigenvalue weighted by Gasteiger charge is 2.42. The molecule has 0 radical (unpaired) electrons. The van der Waals surface area contributed by atoms with E-state index >= 15 is 4.39 Å². The van der Waals surface area contributed by atoms with E-state index in [-0.39, 0.29) is 36.3 Å². The van der Waals surface area contributed by atoms with Gasteiger partial charge in [-0.25, -0.2) is 4.39 Å². The summed E-state index contributed by atoms with van der Waals surface area (Å²) in [5.74, 6) is 5.63. The molecule has 2 unspecified atom stereocenters. The van der Waals surface area contributed by atoms with Gasteiger partial charge in [0, 0.05) is 63.2 Å². The van der Waals surface area contributed by atoms with Crippen LogP contribution in [0.1, 0.15) is 98.5 Å². The van der Waals surface area contributed by atoms with Gasteiger partial charge in [0.2, 0.25) is 0 Å². The minimum Gasteiger partial charge on any atom is -0.468 e. The van der Waals surface area contributed by atoms with Gasteiger partial charge in [-0.3, -0.25) is 9.88 Å². The number of methoxy groups -OCH3 is 3. The summed E-state index contributed by atoms with van der Waals surface area (Å²) in [6.45, 7) is 18.2. The molecule has 0 spiro atoms. The van der Waals surface area contributed by atoms with Crippen LogP contribution in [0.25, 0.3) is 32.9 Å². The third-order valence-electron chi connectivity index (χ3n) is 13.9. The zero-order valence-corrected chi connectivity index (χ0v) is 39.1. The number of fused-ring (bicyclic) bond motifs is 4. The van der Waals surface area contributed by atoms with Crippen molar-refractivity contribution >= 4 is 35.6 Å². The number of anilines is 1. The Morgan fingerprint density at radius 2 is 1.64 bits per heavy atom. The van der Waals surface area contributed by atoms with Crippen LogP contribution in [0.5, 0.6) is 11.8 Å². The van der Waals surface area contributed by atoms with Gasteiger partial charge in [-0.1, -0.05) is 59.6 Å². The normalized spacial score (nSPS) is 19.6. The topological polar surface area (TPSA) is 91.3 Å². The molecule has 12 heteroatoms. The van der Waals surface area contributed by atoms with Crippen molar-refractivity contribution in [3.05, 3.63) is 47.9 Å². The lowest BCUT2D eigenvalue weighted by Gasteiger charge is -2.38. The van der Waals surface area contributed by atoms with Crippen LogP contribution >= 0.6 is 0 Å². The molecule has 4 aromatic rings. The fourth-order valence-corrected chi connectivity index (χ4v) is 16.1. The van der Waals surface area contributed by atoms with Crippen molar-refractivity contribution in [2.24, 2.45) is 11.8 Å². The molecule has 61 heavy (non-hydrogen) atoms. The minimum absolute atomic E-state index is 0.0546. The molecule has 3 atom stereocenters. The number of halogens is 1. The van der Waals surface area contributed by atoms with E-state index in [4.69, 9.17) is 38.6 Å². The smallest absolute Gasteiger partial charge is 0.319 e. The number of benzene rings is 2. The number of unbranched alkanes of at least 4 members (excludes halogenated alkanes) is 1. The third-order valence-corrected chi connectivity index (χ3v) is 20.2. The van der Waals surface area contributed by atoms with Crippen LogP contribution in [0, 0.1) is 29.1 Å². The lowest BCUT2D eigenvalue weighted by atomic mass is 9.96. The first kappa shape index (κ1) is 45.2. The second-order valence-electron chi connectivity index (χ2n) is 18.6. The van der Waals surface area contributed by atoms with Gasteiger partial charge in [0.25, 0.3) is 0 Å². The molecule has 0 N–H and O–H groups in total. The maximum absolute atomic E-state index is 17.7. The molecule has 2 aliphatic heterocycles. The minimum atomic E-state index is -2.08. The molecule has 3 fully saturated rings. The van der Waals surface area contributed by atoms with Crippen molar-refractivity contribution in [3.8, 4) is 34.5 Å². The molecule has 330 valence electrons. The van der Waals surface area contributed by atoms with E-state index < -0.39 is 13.9 Å². The van der Waals surface area contributed by atoms with Gasteiger partial charge >= 0.3 is 6.01 Å². The van der Waals surface area contributed by atoms with Crippen LogP contribution in [-0.4, -0.2) is 101 Å². The van der Waals surface area contributed by atoms with Gasteiger partial charge in [0.1, 0.15) is 37.5 Å². The number of ether oxygens (including phenoxy) is 5. The van der Waals surface area contributed by atoms with Crippen molar-refractivity contribution in [1.82, 2.24) is 19.9 Å². The van der Waals surface area contributed by atoms with Crippen LogP contribution in [0.15, 0.2) is 36.5 Å². The Morgan fingerprint density at radius 3 is 2.33 bits per heavy atom. The molecule has 2 aromatic carbocycles. The zero-order valence-electron chi connectivity index (χ0n) is 38.1. The van der Waals surface area contributed by atoms with Gasteiger partial charge in [-0.15, -0.1) is 5.54 Å². The molecule has 1 aliphatic carbocycles. The van der Waals surface area contributed by atoms with Crippen molar-refractivity contribution in [2.75, 3.05) is 65.8 Å². The Hall–Kier alpha value is -3.86. The van der Waals surface area contributed by atoms with Crippen LogP contribution < -0.4 is 14.4 Å². The lowest BCUT2D eigenvalue weighted by Crippen LogP contribution is -2.43. The third kappa shape index (κ3) is 9.71. The van der Waals surface area contributed by atoms with Crippen molar-refractivity contribution < 1.29 is 28.1 Å². The maximum atomic E-state index is 17.7. The van der Waals surface area contributed by atoms with Gasteiger partial charge in [0.15, 0.2) is 18.9 Å². The molecular weight excluding hydrogens is 786 g/mol. The number of nitrogens with zero attached hydrogens (tertiary/aromatic N) is 5. The predicted octanol–water partition coefficient (Wildman–Crippen LogP) is 10.4. The monoisotopic (exact) mass is 853 g/mol. The second kappa shape index (κ2) is 20.1. The number of piperidine rings is 1. The molecule has 7 rings (SSSR count). The first-order valence-electron chi connectivity index (χ1n) is 22.7. The van der Waals surface area contributed by atoms with Gasteiger partial charge < -0.3 is 28.6 Å². The summed E-state index contributed by atoms with van der Waals surface area (Å²) in [5.41, 5.74) is 7.16. The largest absolute Gasteiger partial charge is 0.468 e. The summed E-state index contributed by atoms with van der Waals surface area (Å²) in [7, 11) is 2.88. The average molecular weight is 854 g/mol. The van der Waals surface area contributed by atoms with Crippen molar-refractivity contribution in [1.29, 1.82) is 0 Å². The summed E-state index contributed by atoms with van der Waals surface area (Å²) in [5, 5.41) is 2.32. The summed E-state index contributed by atoms with van der Waals surface area (Å²) in [6, 6.07) is 10.4. The van der Waals surface area contributed by atoms with Crippen molar-refractivity contribution in [2.45, 2.75) is 122 Å². The zero-order chi connectivity index (χ0) is 43.3. The summed E-state index contributed by atoms with van der Waals surface area (Å²) in [6.07, 6.45) is 10.3. The quantitative estimate of drug-likeness (QED) is 0.0417. The number of likely N-dealkylation sites (tertiary alicyclic amines) is 1. The molecule has 4 heterocycles. The Bertz CT molecular complexity index is 2150. The van der Waals surface area contributed by atoms with E-state index in [1.165, 1.54) is 19.3 Å². The predicted molar refractivity (Wildman–Crippen MR) is 245 cm³/mol. The van der Waals surface area contributed by atoms with Crippen LogP contribution in [0.4, 0.5) is 10.2 Å². The average Bonchev–Trinajstić information content (AvgIpc) is 3.85. The molecule has 2 bridgehead atoms. The molecule has 3 aliphatic rings. The van der Waals surface area contributed by atoms with Gasteiger partial charge in [-0.2, -0.15) is 9.97 Å². The fourth-order valence-electron chi connectivity index (χ4n) is 10.9. The summed E-state index contributed by atoms with van der Waals surface area (Å²) < 4.78 is 46.3. The van der Waals surface area contributed by atoms with Crippen molar-refractivity contribution in [3.63, 3.8) is 0 Å². The lowest BCUT2D eigenvalue weighted by molar-refractivity contribution is -0.107. The van der Waals surface area contributed by atoms with Crippen LogP contribution in [0.3, 0.4) is 0 Å². The van der Waals surface area contributed by atoms with E-state index in [1.54, 1.807) is 27.5 Å². The van der Waals surface area contributed by atoms with Crippen LogP contribution in [-0.2, 0) is 14.2 Å². The number of rotatable bonds is 18. The van der Waals surface area contributed by atoms with E-state index in [0.717, 1.165) is 74.6 Å². The fraction of sp³-hybridized carbons (Fsp3) is 0.612. The number of aromatic nitrogens is 3. The molecule has 1 saturated carbocycles. The summed E-state index contributed by atoms with van der Waals surface area (Å²) >= 11 is 0. The van der Waals surface area contributed by atoms with E-state index in [2.05, 4.69) is 62.8 Å². The number of hydrogen-bond donors (Lipinski definition) is 0. The number of hydrogen-bond acceptors (Lipinski definition) is 10. The first-order valence-corrected chi connectivity index (χ1v) is 25.0. The first-order chi connectivity index (χ1) is 29.5. The van der Waals surface area contributed by atoms with E-state index in [0.29, 0.717) is 57.6 Å². The Labute approximate surface area is 364 Å². The highest BCUT2D eigenvalue weighted by atomic mass is 28.3. The summed E-state index contributed by atoms with van der Waals surface area (Å²) in [4.78, 5) is 19.7. The maximum Gasteiger partial charge on any atom is 0.319 e. The van der Waals surface area contributed by atoms with Gasteiger partial charge in [-0.05, 0) is 117 Å². The second-order valence-corrected chi connectivity index (χ2v) is 24.2. The number of pyridine rings is 1. The molecule has 2 aromatic heterocycles. The van der Waals surface area contributed by atoms with Crippen LogP contribution in [0.2, 0.25) is 16.6 Å². The Balaban J connectivity index is 1.30. The molecule has 2 saturated heterocycles. The molecular formula is C49H68FN5O5Si. The highest BCUT2D eigenvalue weighted by molar-refractivity contribution is 6.90. The molecule has 10 nitrogen and oxygen atoms in total. The van der Waals surface area contributed by atoms with Gasteiger partial charge in [0.05, 0.1) is 5.39 Å². The SMILES string of the molecule is COCOc1cc(-c2ncc3c(N4CC5CCC(C5)C4)nc(OC[C@@H]4CCCN4CCCCC(OC)OC)nc3c2F)c2c(C#C[Si](C(C)C)(C(C)C)C(C)C)cccc2c1. The Morgan fingerprint density at radius 1 is 0.902 bits per heavy atom. The van der Waals surface area contributed by atoms with E-state index in [1.807, 2.05) is 30.3 Å². The standard InChI is InChI=1S/C49H68FN5O5Si/c1-32(2)61(33(3)4,34(5)6)23-20-37-14-12-15-38-25-40(60-31-56-7)26-41(44(37)38)46-45(50)47-42(27-51-46)48(55-28-35-18-19-36(24-35)29-55)53-49(52-47)59-30-39-16-13-22-54(39)21-11-10-17-43(57-8)58-9/h12,14-15,25-27,32-36,39,43H,10-11,13,16-19,21-22,24,28-31H2,1-9H3/t35?,36?,39-/m0/s1. The van der Waals surface area contributed by atoms with E-state index in [9.17, 15) is 0 Å². The molecule has 0 amide bonds.